The molecule has 1 saturated carbocycles. The Morgan fingerprint density at radius 1 is 1.28 bits per heavy atom. The molecule has 2 fully saturated rings. The second kappa shape index (κ2) is 9.19. The third kappa shape index (κ3) is 6.11. The fourth-order valence-electron chi connectivity index (χ4n) is 3.27. The van der Waals surface area contributed by atoms with Crippen LogP contribution >= 0.6 is 0 Å². The van der Waals surface area contributed by atoms with E-state index in [1.54, 1.807) is 11.4 Å². The average molecular weight is 375 g/mol. The van der Waals surface area contributed by atoms with E-state index in [1.165, 1.54) is 19.3 Å². The maximum absolute atomic E-state index is 12.4. The van der Waals surface area contributed by atoms with Gasteiger partial charge in [0.1, 0.15) is 0 Å². The lowest BCUT2D eigenvalue weighted by atomic mass is 10.2. The quantitative estimate of drug-likeness (QED) is 0.509. The van der Waals surface area contributed by atoms with Gasteiger partial charge in [-0.2, -0.15) is 4.31 Å². The number of aliphatic imine (C=N–C) groups is 1. The highest BCUT2D eigenvalue weighted by Crippen LogP contribution is 2.34. The van der Waals surface area contributed by atoms with E-state index in [-0.39, 0.29) is 18.5 Å². The predicted molar refractivity (Wildman–Crippen MR) is 101 cm³/mol. The summed E-state index contributed by atoms with van der Waals surface area (Å²) in [5.41, 5.74) is 0. The molecule has 2 unspecified atom stereocenters. The molecule has 146 valence electrons. The lowest BCUT2D eigenvalue weighted by Crippen LogP contribution is -2.54. The molecule has 25 heavy (non-hydrogen) atoms. The van der Waals surface area contributed by atoms with E-state index in [4.69, 9.17) is 4.74 Å². The molecule has 7 nitrogen and oxygen atoms in total. The van der Waals surface area contributed by atoms with Crippen LogP contribution in [0.15, 0.2) is 4.99 Å². The molecule has 2 rings (SSSR count). The molecule has 8 heteroatoms. The summed E-state index contributed by atoms with van der Waals surface area (Å²) in [6.45, 7) is 8.66. The van der Waals surface area contributed by atoms with Crippen molar-refractivity contribution in [1.29, 1.82) is 0 Å². The number of rotatable bonds is 8. The third-order valence-electron chi connectivity index (χ3n) is 4.83. The number of hydrogen-bond acceptors (Lipinski definition) is 4. The Hall–Kier alpha value is -0.860. The number of nitrogens with one attached hydrogen (secondary N) is 1. The van der Waals surface area contributed by atoms with E-state index < -0.39 is 10.0 Å². The van der Waals surface area contributed by atoms with Crippen LogP contribution in [0, 0.1) is 5.92 Å². The van der Waals surface area contributed by atoms with Gasteiger partial charge in [0, 0.05) is 39.3 Å². The van der Waals surface area contributed by atoms with Crippen molar-refractivity contribution in [3.63, 3.8) is 0 Å². The summed E-state index contributed by atoms with van der Waals surface area (Å²) in [4.78, 5) is 6.55. The van der Waals surface area contributed by atoms with Crippen molar-refractivity contribution in [3.8, 4) is 0 Å². The monoisotopic (exact) mass is 374 g/mol. The molecule has 1 heterocycles. The van der Waals surface area contributed by atoms with E-state index in [0.717, 1.165) is 11.9 Å². The zero-order valence-electron chi connectivity index (χ0n) is 16.1. The second-order valence-electron chi connectivity index (χ2n) is 7.20. The number of guanidine groups is 1. The first kappa shape index (κ1) is 20.5. The second-order valence-corrected chi connectivity index (χ2v) is 9.29. The van der Waals surface area contributed by atoms with Gasteiger partial charge in [-0.1, -0.05) is 13.3 Å². The Bertz CT molecular complexity index is 542. The van der Waals surface area contributed by atoms with Crippen LogP contribution in [0.1, 0.15) is 40.0 Å². The summed E-state index contributed by atoms with van der Waals surface area (Å²) in [6.07, 6.45) is 3.76. The predicted octanol–water partition coefficient (Wildman–Crippen LogP) is 1.12. The molecule has 1 saturated heterocycles. The molecule has 0 spiro atoms. The highest BCUT2D eigenvalue weighted by atomic mass is 32.2. The first-order valence-electron chi connectivity index (χ1n) is 9.45. The average Bonchev–Trinajstić information content (AvgIpc) is 3.30. The van der Waals surface area contributed by atoms with Gasteiger partial charge in [-0.3, -0.25) is 4.99 Å². The molecule has 1 N–H and O–H groups in total. The van der Waals surface area contributed by atoms with Crippen LogP contribution in [0.5, 0.6) is 0 Å². The lowest BCUT2D eigenvalue weighted by molar-refractivity contribution is 0.0904. The van der Waals surface area contributed by atoms with Crippen LogP contribution < -0.4 is 5.32 Å². The van der Waals surface area contributed by atoms with Gasteiger partial charge >= 0.3 is 0 Å². The van der Waals surface area contributed by atoms with Crippen molar-refractivity contribution in [2.75, 3.05) is 45.6 Å². The molecule has 2 aliphatic rings. The fourth-order valence-corrected chi connectivity index (χ4v) is 4.56. The lowest BCUT2D eigenvalue weighted by Gasteiger charge is -2.36. The standard InChI is InChI=1S/C17H34N4O3S/c1-5-6-15-13-16(15)19-17(18-4)20-7-9-21(10-8-20)25(22,23)12-11-24-14(2)3/h14-16H,5-13H2,1-4H3,(H,18,19). The molecule has 0 aromatic carbocycles. The summed E-state index contributed by atoms with van der Waals surface area (Å²) in [7, 11) is -1.44. The molecule has 0 bridgehead atoms. The molecule has 1 aliphatic carbocycles. The molecule has 1 aliphatic heterocycles. The van der Waals surface area contributed by atoms with Gasteiger partial charge in [-0.25, -0.2) is 8.42 Å². The van der Waals surface area contributed by atoms with Crippen molar-refractivity contribution in [2.24, 2.45) is 10.9 Å². The normalized spacial score (nSPS) is 25.5. The Kier molecular flexibility index (Phi) is 7.51. The first-order valence-corrected chi connectivity index (χ1v) is 11.1. The SMILES string of the molecule is CCCC1CC1NC(=NC)N1CCN(S(=O)(=O)CCOC(C)C)CC1. The minimum atomic E-state index is -3.24. The number of nitrogens with zero attached hydrogens (tertiary/aromatic N) is 3. The Balaban J connectivity index is 1.78. The van der Waals surface area contributed by atoms with E-state index >= 15 is 0 Å². The molecular weight excluding hydrogens is 340 g/mol. The summed E-state index contributed by atoms with van der Waals surface area (Å²) in [6, 6.07) is 0.536. The van der Waals surface area contributed by atoms with Crippen molar-refractivity contribution in [1.82, 2.24) is 14.5 Å². The minimum absolute atomic E-state index is 0.0545. The van der Waals surface area contributed by atoms with E-state index in [1.807, 2.05) is 13.8 Å². The number of hydrogen-bond donors (Lipinski definition) is 1. The van der Waals surface area contributed by atoms with Gasteiger partial charge in [0.15, 0.2) is 5.96 Å². The fraction of sp³-hybridized carbons (Fsp3) is 0.941. The van der Waals surface area contributed by atoms with Gasteiger partial charge < -0.3 is 15.0 Å². The zero-order valence-corrected chi connectivity index (χ0v) is 16.9. The molecule has 0 aromatic heterocycles. The van der Waals surface area contributed by atoms with Crippen LogP contribution in [0.4, 0.5) is 0 Å². The van der Waals surface area contributed by atoms with E-state index in [0.29, 0.717) is 32.2 Å². The number of sulfonamides is 1. The maximum atomic E-state index is 12.4. The minimum Gasteiger partial charge on any atom is -0.378 e. The number of ether oxygens (including phenoxy) is 1. The molecule has 0 aromatic rings. The Labute approximate surface area is 152 Å². The van der Waals surface area contributed by atoms with Crippen LogP contribution in [0.2, 0.25) is 0 Å². The van der Waals surface area contributed by atoms with Crippen molar-refractivity contribution >= 4 is 16.0 Å². The van der Waals surface area contributed by atoms with Gasteiger partial charge in [0.05, 0.1) is 18.5 Å². The van der Waals surface area contributed by atoms with Gasteiger partial charge in [0.25, 0.3) is 0 Å². The summed E-state index contributed by atoms with van der Waals surface area (Å²) >= 11 is 0. The Morgan fingerprint density at radius 3 is 2.52 bits per heavy atom. The molecule has 2 atom stereocenters. The smallest absolute Gasteiger partial charge is 0.216 e. The van der Waals surface area contributed by atoms with Crippen molar-refractivity contribution in [3.05, 3.63) is 0 Å². The summed E-state index contributed by atoms with van der Waals surface area (Å²) in [5.74, 6) is 1.73. The molecular formula is C17H34N4O3S. The largest absolute Gasteiger partial charge is 0.378 e. The molecule has 0 amide bonds. The third-order valence-corrected chi connectivity index (χ3v) is 6.67. The summed E-state index contributed by atoms with van der Waals surface area (Å²) in [5, 5.41) is 3.53. The van der Waals surface area contributed by atoms with Crippen LogP contribution in [0.25, 0.3) is 0 Å². The van der Waals surface area contributed by atoms with Crippen molar-refractivity contribution in [2.45, 2.75) is 52.2 Å². The Morgan fingerprint density at radius 2 is 1.96 bits per heavy atom. The number of piperazine rings is 1. The van der Waals surface area contributed by atoms with Gasteiger partial charge in [0.2, 0.25) is 10.0 Å². The van der Waals surface area contributed by atoms with Gasteiger partial charge in [-0.05, 0) is 32.6 Å². The highest BCUT2D eigenvalue weighted by Gasteiger charge is 2.38. The molecule has 0 radical (unpaired) electrons. The van der Waals surface area contributed by atoms with E-state index in [9.17, 15) is 8.42 Å². The van der Waals surface area contributed by atoms with Crippen LogP contribution in [0.3, 0.4) is 0 Å². The maximum Gasteiger partial charge on any atom is 0.216 e. The van der Waals surface area contributed by atoms with Gasteiger partial charge in [-0.15, -0.1) is 0 Å². The van der Waals surface area contributed by atoms with Crippen molar-refractivity contribution < 1.29 is 13.2 Å². The van der Waals surface area contributed by atoms with Crippen LogP contribution in [-0.4, -0.2) is 81.3 Å². The first-order chi connectivity index (χ1) is 11.9. The highest BCUT2D eigenvalue weighted by molar-refractivity contribution is 7.89. The zero-order chi connectivity index (χ0) is 18.4. The summed E-state index contributed by atoms with van der Waals surface area (Å²) < 4.78 is 31.8. The van der Waals surface area contributed by atoms with Crippen LogP contribution in [-0.2, 0) is 14.8 Å². The van der Waals surface area contributed by atoms with E-state index in [2.05, 4.69) is 22.1 Å². The topological polar surface area (TPSA) is 74.2 Å².